The number of imidazole rings is 1. The van der Waals surface area contributed by atoms with Gasteiger partial charge in [-0.05, 0) is 42.8 Å². The summed E-state index contributed by atoms with van der Waals surface area (Å²) in [6, 6.07) is 9.53. The van der Waals surface area contributed by atoms with Crippen molar-refractivity contribution in [3.8, 4) is 5.69 Å². The third kappa shape index (κ3) is 1.93. The molecule has 0 radical (unpaired) electrons. The van der Waals surface area contributed by atoms with Crippen molar-refractivity contribution in [3.63, 3.8) is 0 Å². The van der Waals surface area contributed by atoms with Crippen molar-refractivity contribution >= 4 is 17.0 Å². The Balaban J connectivity index is 2.20. The third-order valence-electron chi connectivity index (χ3n) is 3.16. The van der Waals surface area contributed by atoms with Crippen LogP contribution in [0.3, 0.4) is 0 Å². The van der Waals surface area contributed by atoms with Gasteiger partial charge in [-0.2, -0.15) is 0 Å². The first kappa shape index (κ1) is 12.3. The highest BCUT2D eigenvalue weighted by atomic mass is 19.1. The van der Waals surface area contributed by atoms with Crippen LogP contribution in [-0.2, 0) is 0 Å². The molecule has 0 unspecified atom stereocenters. The van der Waals surface area contributed by atoms with E-state index in [9.17, 15) is 9.18 Å². The van der Waals surface area contributed by atoms with Crippen LogP contribution in [0.5, 0.6) is 0 Å². The summed E-state index contributed by atoms with van der Waals surface area (Å²) in [6.45, 7) is 1.82. The van der Waals surface area contributed by atoms with Gasteiger partial charge in [0, 0.05) is 0 Å². The second-order valence-electron chi connectivity index (χ2n) is 4.58. The van der Waals surface area contributed by atoms with Gasteiger partial charge in [0.05, 0.1) is 22.3 Å². The van der Waals surface area contributed by atoms with Crippen LogP contribution in [-0.4, -0.2) is 20.6 Å². The first-order valence-corrected chi connectivity index (χ1v) is 6.03. The van der Waals surface area contributed by atoms with E-state index in [-0.39, 0.29) is 11.4 Å². The van der Waals surface area contributed by atoms with Gasteiger partial charge in [-0.25, -0.2) is 14.2 Å². The molecule has 0 saturated heterocycles. The highest BCUT2D eigenvalue weighted by Gasteiger charge is 2.11. The molecule has 0 spiro atoms. The lowest BCUT2D eigenvalue weighted by Crippen LogP contribution is -1.98. The molecule has 4 nitrogen and oxygen atoms in total. The molecule has 0 saturated carbocycles. The molecule has 2 aromatic carbocycles. The minimum absolute atomic E-state index is 0.159. The van der Waals surface area contributed by atoms with Gasteiger partial charge in [0.1, 0.15) is 12.1 Å². The molecule has 1 aromatic heterocycles. The quantitative estimate of drug-likeness (QED) is 0.778. The largest absolute Gasteiger partial charge is 0.478 e. The van der Waals surface area contributed by atoms with E-state index in [1.165, 1.54) is 24.5 Å². The summed E-state index contributed by atoms with van der Waals surface area (Å²) in [5.41, 5.74) is 2.57. The lowest BCUT2D eigenvalue weighted by Gasteiger charge is -2.06. The van der Waals surface area contributed by atoms with E-state index in [1.54, 1.807) is 16.7 Å². The molecule has 1 N–H and O–H groups in total. The summed E-state index contributed by atoms with van der Waals surface area (Å²) in [4.78, 5) is 15.1. The van der Waals surface area contributed by atoms with Crippen molar-refractivity contribution in [2.24, 2.45) is 0 Å². The molecule has 100 valence electrons. The zero-order chi connectivity index (χ0) is 14.3. The average Bonchev–Trinajstić information content (AvgIpc) is 2.81. The minimum Gasteiger partial charge on any atom is -0.478 e. The molecular weight excluding hydrogens is 259 g/mol. The number of benzene rings is 2. The maximum Gasteiger partial charge on any atom is 0.335 e. The average molecular weight is 270 g/mol. The van der Waals surface area contributed by atoms with Crippen LogP contribution in [0.25, 0.3) is 16.7 Å². The molecule has 1 heterocycles. The summed E-state index contributed by atoms with van der Waals surface area (Å²) in [5.74, 6) is -1.35. The summed E-state index contributed by atoms with van der Waals surface area (Å²) in [6.07, 6.45) is 1.49. The van der Waals surface area contributed by atoms with Crippen LogP contribution in [0, 0.1) is 12.7 Å². The van der Waals surface area contributed by atoms with Gasteiger partial charge < -0.3 is 5.11 Å². The normalized spacial score (nSPS) is 10.9. The topological polar surface area (TPSA) is 55.1 Å². The van der Waals surface area contributed by atoms with Crippen molar-refractivity contribution in [1.82, 2.24) is 9.55 Å². The number of halogens is 1. The van der Waals surface area contributed by atoms with E-state index in [0.717, 1.165) is 5.56 Å². The van der Waals surface area contributed by atoms with Gasteiger partial charge in [0.25, 0.3) is 0 Å². The van der Waals surface area contributed by atoms with Gasteiger partial charge in [0.2, 0.25) is 0 Å². The summed E-state index contributed by atoms with van der Waals surface area (Å²) < 4.78 is 15.6. The first-order chi connectivity index (χ1) is 9.56. The Kier molecular flexibility index (Phi) is 2.75. The fraction of sp³-hybridized carbons (Fsp3) is 0.0667. The van der Waals surface area contributed by atoms with Crippen LogP contribution in [0.1, 0.15) is 15.9 Å². The predicted molar refractivity (Wildman–Crippen MR) is 72.7 cm³/mol. The lowest BCUT2D eigenvalue weighted by molar-refractivity contribution is 0.0697. The number of aryl methyl sites for hydroxylation is 1. The number of hydrogen-bond acceptors (Lipinski definition) is 2. The molecule has 0 bridgehead atoms. The standard InChI is InChI=1S/C15H11FN2O2/c1-9-2-4-13(11(16)6-9)18-8-17-12-7-10(15(19)20)3-5-14(12)18/h2-8H,1H3,(H,19,20). The number of rotatable bonds is 2. The molecule has 0 amide bonds. The van der Waals surface area contributed by atoms with E-state index in [1.807, 2.05) is 13.0 Å². The van der Waals surface area contributed by atoms with Crippen molar-refractivity contribution in [3.05, 3.63) is 59.7 Å². The molecule has 0 aliphatic carbocycles. The Morgan fingerprint density at radius 1 is 1.25 bits per heavy atom. The Labute approximate surface area is 114 Å². The van der Waals surface area contributed by atoms with Crippen molar-refractivity contribution in [1.29, 1.82) is 0 Å². The van der Waals surface area contributed by atoms with Crippen LogP contribution in [0.4, 0.5) is 4.39 Å². The Hall–Kier alpha value is -2.69. The summed E-state index contributed by atoms with van der Waals surface area (Å²) in [5, 5.41) is 8.95. The lowest BCUT2D eigenvalue weighted by atomic mass is 10.2. The predicted octanol–water partition coefficient (Wildman–Crippen LogP) is 3.17. The molecule has 0 aliphatic heterocycles. The second kappa shape index (κ2) is 4.45. The van der Waals surface area contributed by atoms with E-state index in [4.69, 9.17) is 5.11 Å². The maximum absolute atomic E-state index is 14.0. The van der Waals surface area contributed by atoms with Crippen LogP contribution >= 0.6 is 0 Å². The van der Waals surface area contributed by atoms with Crippen LogP contribution in [0.15, 0.2) is 42.7 Å². The van der Waals surface area contributed by atoms with E-state index in [0.29, 0.717) is 16.7 Å². The molecule has 3 rings (SSSR count). The fourth-order valence-electron chi connectivity index (χ4n) is 2.14. The van der Waals surface area contributed by atoms with Gasteiger partial charge in [0.15, 0.2) is 0 Å². The molecule has 0 aliphatic rings. The Bertz CT molecular complexity index is 824. The number of carboxylic acid groups (broad SMARTS) is 1. The monoisotopic (exact) mass is 270 g/mol. The number of aromatic carboxylic acids is 1. The molecule has 0 fully saturated rings. The second-order valence-corrected chi connectivity index (χ2v) is 4.58. The van der Waals surface area contributed by atoms with Crippen LogP contribution < -0.4 is 0 Å². The number of hydrogen-bond donors (Lipinski definition) is 1. The van der Waals surface area contributed by atoms with E-state index in [2.05, 4.69) is 4.98 Å². The van der Waals surface area contributed by atoms with Gasteiger partial charge in [-0.1, -0.05) is 6.07 Å². The molecule has 5 heteroatoms. The number of nitrogens with zero attached hydrogens (tertiary/aromatic N) is 2. The third-order valence-corrected chi connectivity index (χ3v) is 3.16. The Morgan fingerprint density at radius 3 is 2.75 bits per heavy atom. The van der Waals surface area contributed by atoms with Gasteiger partial charge in [-0.15, -0.1) is 0 Å². The van der Waals surface area contributed by atoms with Gasteiger partial charge in [-0.3, -0.25) is 4.57 Å². The number of fused-ring (bicyclic) bond motifs is 1. The van der Waals surface area contributed by atoms with Crippen molar-refractivity contribution < 1.29 is 14.3 Å². The first-order valence-electron chi connectivity index (χ1n) is 6.03. The highest BCUT2D eigenvalue weighted by Crippen LogP contribution is 2.22. The van der Waals surface area contributed by atoms with E-state index >= 15 is 0 Å². The zero-order valence-electron chi connectivity index (χ0n) is 10.7. The highest BCUT2D eigenvalue weighted by molar-refractivity contribution is 5.92. The Morgan fingerprint density at radius 2 is 2.05 bits per heavy atom. The zero-order valence-corrected chi connectivity index (χ0v) is 10.7. The summed E-state index contributed by atoms with van der Waals surface area (Å²) >= 11 is 0. The SMILES string of the molecule is Cc1ccc(-n2cnc3cc(C(=O)O)ccc32)c(F)c1. The van der Waals surface area contributed by atoms with Crippen molar-refractivity contribution in [2.45, 2.75) is 6.92 Å². The fourth-order valence-corrected chi connectivity index (χ4v) is 2.14. The molecule has 0 atom stereocenters. The molecular formula is C15H11FN2O2. The number of carbonyl (C=O) groups is 1. The van der Waals surface area contributed by atoms with E-state index < -0.39 is 5.97 Å². The summed E-state index contributed by atoms with van der Waals surface area (Å²) in [7, 11) is 0. The maximum atomic E-state index is 14.0. The minimum atomic E-state index is -1.01. The smallest absolute Gasteiger partial charge is 0.335 e. The van der Waals surface area contributed by atoms with Crippen LogP contribution in [0.2, 0.25) is 0 Å². The molecule has 3 aromatic rings. The van der Waals surface area contributed by atoms with Gasteiger partial charge >= 0.3 is 5.97 Å². The van der Waals surface area contributed by atoms with Crippen molar-refractivity contribution in [2.75, 3.05) is 0 Å². The number of aromatic nitrogens is 2. The molecule has 20 heavy (non-hydrogen) atoms. The number of carboxylic acids is 1.